The molecule has 0 spiro atoms. The van der Waals surface area contributed by atoms with Crippen LogP contribution in [0.1, 0.15) is 16.2 Å². The molecule has 0 fully saturated rings. The predicted octanol–water partition coefficient (Wildman–Crippen LogP) is 6.05. The van der Waals surface area contributed by atoms with Gasteiger partial charge in [-0.2, -0.15) is 5.10 Å². The van der Waals surface area contributed by atoms with Gasteiger partial charge in [0.1, 0.15) is 11.6 Å². The second kappa shape index (κ2) is 10.6. The second-order valence-corrected chi connectivity index (χ2v) is 10.5. The third-order valence-electron chi connectivity index (χ3n) is 5.50. The van der Waals surface area contributed by atoms with Crippen molar-refractivity contribution >= 4 is 68.3 Å². The molecule has 186 valence electrons. The summed E-state index contributed by atoms with van der Waals surface area (Å²) in [6.07, 6.45) is 0. The van der Waals surface area contributed by atoms with Crippen LogP contribution in [0.3, 0.4) is 0 Å². The second-order valence-electron chi connectivity index (χ2n) is 7.78. The lowest BCUT2D eigenvalue weighted by molar-refractivity contribution is 0.0955. The number of thioether (sulfide) groups is 1. The summed E-state index contributed by atoms with van der Waals surface area (Å²) >= 11 is 16.1. The topological polar surface area (TPSA) is 94.8 Å². The molecule has 3 aromatic carbocycles. The molecule has 37 heavy (non-hydrogen) atoms. The molecule has 0 saturated carbocycles. The van der Waals surface area contributed by atoms with Crippen LogP contribution in [0, 0.1) is 4.77 Å². The number of aromatic nitrogens is 5. The van der Waals surface area contributed by atoms with E-state index in [1.807, 2.05) is 0 Å². The molecule has 2 heterocycles. The molecule has 0 radical (unpaired) electrons. The SMILES string of the molecule is COc1ccc(-n2c(SCc3n[nH]c(=S)n3C(=O)c3ccc(Br)cc3)nc3ccc(Cl)cc3c2=O)cc1. The quantitative estimate of drug-likeness (QED) is 0.141. The van der Waals surface area contributed by atoms with E-state index in [1.54, 1.807) is 73.8 Å². The van der Waals surface area contributed by atoms with Gasteiger partial charge in [0, 0.05) is 15.1 Å². The molecule has 8 nitrogen and oxygen atoms in total. The van der Waals surface area contributed by atoms with E-state index in [-0.39, 0.29) is 22.0 Å². The Morgan fingerprint density at radius 3 is 2.57 bits per heavy atom. The highest BCUT2D eigenvalue weighted by molar-refractivity contribution is 9.10. The zero-order chi connectivity index (χ0) is 26.1. The van der Waals surface area contributed by atoms with Crippen molar-refractivity contribution in [1.29, 1.82) is 0 Å². The highest BCUT2D eigenvalue weighted by Crippen LogP contribution is 2.26. The fourth-order valence-electron chi connectivity index (χ4n) is 3.68. The molecule has 0 atom stereocenters. The van der Waals surface area contributed by atoms with Crippen LogP contribution in [0.25, 0.3) is 16.6 Å². The van der Waals surface area contributed by atoms with E-state index >= 15 is 0 Å². The Labute approximate surface area is 233 Å². The Morgan fingerprint density at radius 1 is 1.14 bits per heavy atom. The van der Waals surface area contributed by atoms with Gasteiger partial charge in [-0.1, -0.05) is 39.3 Å². The van der Waals surface area contributed by atoms with Gasteiger partial charge >= 0.3 is 0 Å². The molecule has 0 amide bonds. The first-order chi connectivity index (χ1) is 17.9. The zero-order valence-electron chi connectivity index (χ0n) is 19.1. The molecule has 2 aromatic heterocycles. The van der Waals surface area contributed by atoms with Crippen molar-refractivity contribution in [3.63, 3.8) is 0 Å². The van der Waals surface area contributed by atoms with E-state index in [4.69, 9.17) is 33.5 Å². The Balaban J connectivity index is 1.56. The monoisotopic (exact) mass is 613 g/mol. The molecule has 0 aliphatic carbocycles. The average Bonchev–Trinajstić information content (AvgIpc) is 3.28. The third kappa shape index (κ3) is 5.12. The first-order valence-electron chi connectivity index (χ1n) is 10.8. The van der Waals surface area contributed by atoms with Gasteiger partial charge in [0.05, 0.1) is 29.5 Å². The fraction of sp³-hybridized carbons (Fsp3) is 0.0800. The van der Waals surface area contributed by atoms with Gasteiger partial charge in [-0.15, -0.1) is 0 Å². The summed E-state index contributed by atoms with van der Waals surface area (Å²) < 4.78 is 9.14. The molecule has 0 bridgehead atoms. The van der Waals surface area contributed by atoms with Crippen LogP contribution in [-0.2, 0) is 5.75 Å². The Kier molecular flexibility index (Phi) is 7.29. The number of ether oxygens (including phenoxy) is 1. The van der Waals surface area contributed by atoms with Gasteiger partial charge in [0.25, 0.3) is 11.5 Å². The first kappa shape index (κ1) is 25.4. The van der Waals surface area contributed by atoms with E-state index in [1.165, 1.54) is 20.9 Å². The van der Waals surface area contributed by atoms with Crippen molar-refractivity contribution in [2.45, 2.75) is 10.9 Å². The van der Waals surface area contributed by atoms with Crippen molar-refractivity contribution in [3.8, 4) is 11.4 Å². The summed E-state index contributed by atoms with van der Waals surface area (Å²) in [5.74, 6) is 0.965. The number of aromatic amines is 1. The number of benzene rings is 3. The number of hydrogen-bond acceptors (Lipinski definition) is 7. The van der Waals surface area contributed by atoms with Crippen molar-refractivity contribution in [2.24, 2.45) is 0 Å². The maximum atomic E-state index is 13.6. The van der Waals surface area contributed by atoms with Crippen molar-refractivity contribution in [1.82, 2.24) is 24.3 Å². The number of carbonyl (C=O) groups excluding carboxylic acids is 1. The van der Waals surface area contributed by atoms with Gasteiger partial charge in [-0.05, 0) is 78.9 Å². The Morgan fingerprint density at radius 2 is 1.86 bits per heavy atom. The minimum Gasteiger partial charge on any atom is -0.497 e. The largest absolute Gasteiger partial charge is 0.497 e. The van der Waals surface area contributed by atoms with E-state index in [0.717, 1.165) is 4.47 Å². The summed E-state index contributed by atoms with van der Waals surface area (Å²) in [4.78, 5) is 31.5. The molecule has 0 saturated heterocycles. The Bertz CT molecular complexity index is 1750. The number of nitrogens with one attached hydrogen (secondary N) is 1. The summed E-state index contributed by atoms with van der Waals surface area (Å²) in [7, 11) is 1.57. The van der Waals surface area contributed by atoms with Gasteiger partial charge < -0.3 is 4.74 Å². The van der Waals surface area contributed by atoms with Crippen LogP contribution in [0.2, 0.25) is 5.02 Å². The average molecular weight is 615 g/mol. The highest BCUT2D eigenvalue weighted by atomic mass is 79.9. The summed E-state index contributed by atoms with van der Waals surface area (Å²) in [6.45, 7) is 0. The van der Waals surface area contributed by atoms with Gasteiger partial charge in [-0.25, -0.2) is 9.55 Å². The van der Waals surface area contributed by atoms with Crippen LogP contribution in [0.5, 0.6) is 5.75 Å². The molecule has 5 rings (SSSR count). The summed E-state index contributed by atoms with van der Waals surface area (Å²) in [6, 6.07) is 19.0. The van der Waals surface area contributed by atoms with E-state index in [0.29, 0.717) is 43.9 Å². The van der Waals surface area contributed by atoms with Crippen LogP contribution in [-0.4, -0.2) is 37.3 Å². The van der Waals surface area contributed by atoms with Crippen molar-refractivity contribution in [2.75, 3.05) is 7.11 Å². The van der Waals surface area contributed by atoms with Crippen molar-refractivity contribution in [3.05, 3.63) is 103 Å². The fourth-order valence-corrected chi connectivity index (χ4v) is 5.28. The number of H-pyrrole nitrogens is 1. The van der Waals surface area contributed by atoms with Gasteiger partial charge in [-0.3, -0.25) is 19.3 Å². The molecular formula is C25H17BrClN5O3S2. The molecule has 12 heteroatoms. The number of halogens is 2. The third-order valence-corrected chi connectivity index (χ3v) is 7.47. The van der Waals surface area contributed by atoms with Gasteiger partial charge in [0.15, 0.2) is 5.16 Å². The predicted molar refractivity (Wildman–Crippen MR) is 150 cm³/mol. The molecule has 0 aliphatic rings. The molecule has 0 aliphatic heterocycles. The van der Waals surface area contributed by atoms with Gasteiger partial charge in [0.2, 0.25) is 4.77 Å². The maximum absolute atomic E-state index is 13.6. The molecule has 0 unspecified atom stereocenters. The first-order valence-corrected chi connectivity index (χ1v) is 13.4. The molecular weight excluding hydrogens is 598 g/mol. The van der Waals surface area contributed by atoms with Crippen LogP contribution in [0.4, 0.5) is 0 Å². The minimum absolute atomic E-state index is 0.178. The van der Waals surface area contributed by atoms with Crippen LogP contribution < -0.4 is 10.3 Å². The number of rotatable bonds is 6. The normalized spacial score (nSPS) is 11.1. The molecule has 1 N–H and O–H groups in total. The number of hydrogen-bond donors (Lipinski definition) is 1. The number of fused-ring (bicyclic) bond motifs is 1. The number of carbonyl (C=O) groups is 1. The van der Waals surface area contributed by atoms with E-state index in [2.05, 4.69) is 26.1 Å². The number of methoxy groups -OCH3 is 1. The summed E-state index contributed by atoms with van der Waals surface area (Å²) in [5, 5.41) is 8.21. The maximum Gasteiger partial charge on any atom is 0.266 e. The highest BCUT2D eigenvalue weighted by Gasteiger charge is 2.19. The van der Waals surface area contributed by atoms with Crippen LogP contribution in [0.15, 0.2) is 81.2 Å². The summed E-state index contributed by atoms with van der Waals surface area (Å²) in [5.41, 5.74) is 1.30. The smallest absolute Gasteiger partial charge is 0.266 e. The van der Waals surface area contributed by atoms with E-state index in [9.17, 15) is 9.59 Å². The minimum atomic E-state index is -0.310. The van der Waals surface area contributed by atoms with Crippen molar-refractivity contribution < 1.29 is 9.53 Å². The van der Waals surface area contributed by atoms with Crippen LogP contribution >= 0.6 is 51.5 Å². The standard InChI is InChI=1S/C25H17BrClN5O3S2/c1-35-18-9-7-17(8-10-18)31-23(34)19-12-16(27)6-11-20(19)28-25(31)37-13-21-29-30-24(36)32(21)22(33)14-2-4-15(26)5-3-14/h2-12H,13H2,1H3,(H,30,36). The number of nitrogens with zero attached hydrogens (tertiary/aromatic N) is 4. The van der Waals surface area contributed by atoms with E-state index < -0.39 is 0 Å². The lowest BCUT2D eigenvalue weighted by Crippen LogP contribution is -2.22. The molecule has 5 aromatic rings. The lowest BCUT2D eigenvalue weighted by atomic mass is 10.2. The lowest BCUT2D eigenvalue weighted by Gasteiger charge is -2.14. The zero-order valence-corrected chi connectivity index (χ0v) is 23.1. The Hall–Kier alpha value is -3.25.